The van der Waals surface area contributed by atoms with Crippen molar-refractivity contribution in [2.45, 2.75) is 45.3 Å². The number of hydrogen-bond donors (Lipinski definition) is 1. The van der Waals surface area contributed by atoms with Crippen molar-refractivity contribution in [3.63, 3.8) is 0 Å². The minimum Gasteiger partial charge on any atom is -0.394 e. The summed E-state index contributed by atoms with van der Waals surface area (Å²) in [4.78, 5) is 0. The lowest BCUT2D eigenvalue weighted by Gasteiger charge is -2.31. The van der Waals surface area contributed by atoms with Gasteiger partial charge in [0, 0.05) is 0 Å². The average Bonchev–Trinajstić information content (AvgIpc) is 2.03. The first kappa shape index (κ1) is 16.3. The van der Waals surface area contributed by atoms with Crippen molar-refractivity contribution in [3.8, 4) is 0 Å². The van der Waals surface area contributed by atoms with Crippen LogP contribution in [-0.2, 0) is 0 Å². The van der Waals surface area contributed by atoms with Gasteiger partial charge in [-0.05, 0) is 13.8 Å². The molecule has 0 spiro atoms. The van der Waals surface area contributed by atoms with Crippen molar-refractivity contribution in [2.75, 3.05) is 0 Å². The molecule has 0 unspecified atom stereocenters. The third-order valence-electron chi connectivity index (χ3n) is 2.56. The second-order valence-corrected chi connectivity index (χ2v) is 13.0. The van der Waals surface area contributed by atoms with Gasteiger partial charge in [-0.3, -0.25) is 0 Å². The highest BCUT2D eigenvalue weighted by Gasteiger charge is 2.33. The van der Waals surface area contributed by atoms with E-state index in [2.05, 4.69) is 45.0 Å². The summed E-state index contributed by atoms with van der Waals surface area (Å²) in [7, 11) is -1.95. The zero-order valence-electron chi connectivity index (χ0n) is 10.6. The Labute approximate surface area is 92.2 Å². The lowest BCUT2D eigenvalue weighted by molar-refractivity contribution is 0.158. The van der Waals surface area contributed by atoms with E-state index in [9.17, 15) is 5.11 Å². The summed E-state index contributed by atoms with van der Waals surface area (Å²) in [6, 6.07) is 0. The van der Waals surface area contributed by atoms with E-state index >= 15 is 0 Å². The molecule has 0 fully saturated rings. The van der Waals surface area contributed by atoms with Gasteiger partial charge in [0.2, 0.25) is 0 Å². The monoisotopic (exact) mass is 230 g/mol. The van der Waals surface area contributed by atoms with Gasteiger partial charge in [0.15, 0.2) is 0 Å². The molecular formula is C11H26OSi2. The fraction of sp³-hybridized carbons (Fsp3) is 0.636. The molecule has 14 heavy (non-hydrogen) atoms. The predicted octanol–water partition coefficient (Wildman–Crippen LogP) is 2.93. The van der Waals surface area contributed by atoms with Gasteiger partial charge in [0.25, 0.3) is 0 Å². The molecule has 0 aromatic carbocycles. The van der Waals surface area contributed by atoms with Gasteiger partial charge >= 0.3 is 0 Å². The molecule has 0 amide bonds. The van der Waals surface area contributed by atoms with Gasteiger partial charge in [-0.2, -0.15) is 0 Å². The Kier molecular flexibility index (Phi) is 7.43. The first-order chi connectivity index (χ1) is 6.08. The van der Waals surface area contributed by atoms with Crippen molar-refractivity contribution >= 4 is 16.9 Å². The minimum absolute atomic E-state index is 0.386. The molecule has 0 atom stereocenters. The molecule has 3 heteroatoms. The summed E-state index contributed by atoms with van der Waals surface area (Å²) in [6.45, 7) is 19.7. The van der Waals surface area contributed by atoms with Crippen molar-refractivity contribution in [1.29, 1.82) is 0 Å². The van der Waals surface area contributed by atoms with E-state index in [0.717, 1.165) is 0 Å². The molecule has 0 aromatic heterocycles. The standard InChI is InChI=1S/C7H16OSi.C4H10Si/c1-6-9(4,5)7(2,3)8;1-4-5(2)3/h6,8H,1H2,2-5H3;4-5H,1H2,2-3H3. The first-order valence-electron chi connectivity index (χ1n) is 5.07. The smallest absolute Gasteiger partial charge is 0.107 e. The van der Waals surface area contributed by atoms with E-state index in [1.807, 2.05) is 19.5 Å². The van der Waals surface area contributed by atoms with Gasteiger partial charge in [-0.1, -0.05) is 31.9 Å². The summed E-state index contributed by atoms with van der Waals surface area (Å²) < 4.78 is 0. The molecule has 0 radical (unpaired) electrons. The van der Waals surface area contributed by atoms with Crippen LogP contribution < -0.4 is 0 Å². The van der Waals surface area contributed by atoms with E-state index in [0.29, 0.717) is 0 Å². The maximum Gasteiger partial charge on any atom is 0.107 e. The minimum atomic E-state index is -1.56. The second-order valence-electron chi connectivity index (χ2n) is 4.96. The van der Waals surface area contributed by atoms with Gasteiger partial charge in [0.1, 0.15) is 8.07 Å². The van der Waals surface area contributed by atoms with Crippen molar-refractivity contribution in [1.82, 2.24) is 0 Å². The average molecular weight is 230 g/mol. The molecule has 0 aliphatic heterocycles. The van der Waals surface area contributed by atoms with Gasteiger partial charge in [-0.15, -0.1) is 18.9 Å². The quantitative estimate of drug-likeness (QED) is 0.739. The highest BCUT2D eigenvalue weighted by molar-refractivity contribution is 6.84. The summed E-state index contributed by atoms with van der Waals surface area (Å²) in [5.74, 6) is 0. The topological polar surface area (TPSA) is 20.2 Å². The van der Waals surface area contributed by atoms with Crippen molar-refractivity contribution in [3.05, 3.63) is 24.6 Å². The first-order valence-corrected chi connectivity index (χ1v) is 11.1. The van der Waals surface area contributed by atoms with E-state index in [-0.39, 0.29) is 8.80 Å². The molecule has 0 saturated carbocycles. The highest BCUT2D eigenvalue weighted by Crippen LogP contribution is 2.19. The zero-order valence-corrected chi connectivity index (χ0v) is 12.7. The molecule has 1 nitrogen and oxygen atoms in total. The van der Waals surface area contributed by atoms with Gasteiger partial charge < -0.3 is 5.11 Å². The maximum absolute atomic E-state index is 9.54. The Balaban J connectivity index is 0. The number of aliphatic hydroxyl groups is 1. The number of rotatable bonds is 3. The second kappa shape index (κ2) is 6.37. The van der Waals surface area contributed by atoms with E-state index in [4.69, 9.17) is 0 Å². The summed E-state index contributed by atoms with van der Waals surface area (Å²) in [5, 5.41) is 9.00. The molecule has 84 valence electrons. The zero-order chi connectivity index (χ0) is 12.0. The van der Waals surface area contributed by atoms with Crippen LogP contribution in [0.1, 0.15) is 13.8 Å². The molecule has 0 rings (SSSR count). The van der Waals surface area contributed by atoms with E-state index in [1.165, 1.54) is 0 Å². The fourth-order valence-electron chi connectivity index (χ4n) is 0.250. The predicted molar refractivity (Wildman–Crippen MR) is 73.1 cm³/mol. The van der Waals surface area contributed by atoms with Crippen LogP contribution in [0.2, 0.25) is 26.2 Å². The molecule has 1 N–H and O–H groups in total. The van der Waals surface area contributed by atoms with Crippen LogP contribution in [0.4, 0.5) is 0 Å². The SMILES string of the molecule is C=C[SiH](C)C.C=C[Si](C)(C)C(C)(C)O. The third kappa shape index (κ3) is 7.29. The largest absolute Gasteiger partial charge is 0.394 e. The van der Waals surface area contributed by atoms with E-state index < -0.39 is 13.3 Å². The molecule has 0 bridgehead atoms. The maximum atomic E-state index is 9.54. The van der Waals surface area contributed by atoms with Crippen molar-refractivity contribution in [2.24, 2.45) is 0 Å². The summed E-state index contributed by atoms with van der Waals surface area (Å²) in [5.41, 5.74) is 3.97. The molecule has 0 heterocycles. The van der Waals surface area contributed by atoms with Crippen LogP contribution in [0.5, 0.6) is 0 Å². The molecule has 0 aliphatic carbocycles. The van der Waals surface area contributed by atoms with Crippen LogP contribution in [0, 0.1) is 0 Å². The molecule has 0 aromatic rings. The van der Waals surface area contributed by atoms with Gasteiger partial charge in [-0.25, -0.2) is 0 Å². The Hall–Kier alpha value is -0.126. The lowest BCUT2D eigenvalue weighted by atomic mass is 10.5. The Bertz CT molecular complexity index is 178. The Morgan fingerprint density at radius 1 is 1.21 bits per heavy atom. The lowest BCUT2D eigenvalue weighted by Crippen LogP contribution is -2.48. The Morgan fingerprint density at radius 2 is 1.50 bits per heavy atom. The molecular weight excluding hydrogens is 204 g/mol. The normalized spacial score (nSPS) is 11.7. The van der Waals surface area contributed by atoms with Crippen LogP contribution >= 0.6 is 0 Å². The fourth-order valence-corrected chi connectivity index (χ4v) is 0.749. The van der Waals surface area contributed by atoms with Crippen LogP contribution in [-0.4, -0.2) is 27.2 Å². The van der Waals surface area contributed by atoms with Crippen molar-refractivity contribution < 1.29 is 5.11 Å². The van der Waals surface area contributed by atoms with Crippen LogP contribution in [0.3, 0.4) is 0 Å². The number of hydrogen-bond acceptors (Lipinski definition) is 1. The van der Waals surface area contributed by atoms with Crippen LogP contribution in [0.25, 0.3) is 0 Å². The molecule has 0 aliphatic rings. The summed E-state index contributed by atoms with van der Waals surface area (Å²) in [6.07, 6.45) is 0. The van der Waals surface area contributed by atoms with Crippen LogP contribution in [0.15, 0.2) is 24.6 Å². The third-order valence-corrected chi connectivity index (χ3v) is 7.68. The summed E-state index contributed by atoms with van der Waals surface area (Å²) >= 11 is 0. The molecule has 0 saturated heterocycles. The van der Waals surface area contributed by atoms with E-state index in [1.54, 1.807) is 0 Å². The van der Waals surface area contributed by atoms with Gasteiger partial charge in [0.05, 0.1) is 14.0 Å². The highest BCUT2D eigenvalue weighted by atomic mass is 28.3. The Morgan fingerprint density at radius 3 is 1.50 bits per heavy atom.